The molecular formula is C13H15NO4. The van der Waals surface area contributed by atoms with E-state index in [0.29, 0.717) is 17.9 Å². The Hall–Kier alpha value is -1.61. The average molecular weight is 249 g/mol. The maximum Gasteiger partial charge on any atom is 0.119 e. The number of hydrogen-bond acceptors (Lipinski definition) is 5. The zero-order valence-electron chi connectivity index (χ0n) is 9.91. The van der Waals surface area contributed by atoms with Crippen LogP contribution in [0.15, 0.2) is 24.3 Å². The molecule has 0 radical (unpaired) electrons. The van der Waals surface area contributed by atoms with Crippen LogP contribution in [0, 0.1) is 11.3 Å². The second kappa shape index (κ2) is 6.36. The van der Waals surface area contributed by atoms with Crippen LogP contribution in [0.25, 0.3) is 0 Å². The highest BCUT2D eigenvalue weighted by Crippen LogP contribution is 2.12. The second-order valence-corrected chi connectivity index (χ2v) is 4.09. The van der Waals surface area contributed by atoms with Gasteiger partial charge in [0.1, 0.15) is 24.6 Å². The van der Waals surface area contributed by atoms with Gasteiger partial charge in [0.25, 0.3) is 0 Å². The van der Waals surface area contributed by atoms with Crippen LogP contribution < -0.4 is 4.74 Å². The van der Waals surface area contributed by atoms with E-state index in [1.807, 2.05) is 6.07 Å². The van der Waals surface area contributed by atoms with Crippen LogP contribution in [0.3, 0.4) is 0 Å². The molecule has 1 N–H and O–H groups in total. The molecule has 0 bridgehead atoms. The third kappa shape index (κ3) is 4.34. The van der Waals surface area contributed by atoms with Crippen molar-refractivity contribution in [2.45, 2.75) is 12.2 Å². The minimum absolute atomic E-state index is 0.164. The van der Waals surface area contributed by atoms with Gasteiger partial charge in [-0.25, -0.2) is 0 Å². The Bertz CT molecular complexity index is 408. The van der Waals surface area contributed by atoms with Gasteiger partial charge in [-0.2, -0.15) is 5.26 Å². The summed E-state index contributed by atoms with van der Waals surface area (Å²) in [6.45, 7) is 1.67. The molecule has 1 fully saturated rings. The molecular weight excluding hydrogens is 234 g/mol. The minimum atomic E-state index is -0.667. The molecule has 96 valence electrons. The smallest absolute Gasteiger partial charge is 0.119 e. The number of ether oxygens (including phenoxy) is 3. The van der Waals surface area contributed by atoms with Crippen LogP contribution in [0.1, 0.15) is 5.56 Å². The molecule has 1 heterocycles. The fourth-order valence-corrected chi connectivity index (χ4v) is 1.37. The molecule has 1 saturated heterocycles. The number of benzene rings is 1. The SMILES string of the molecule is N#Cc1ccc(OCC(O)COCC2CO2)cc1. The molecule has 2 atom stereocenters. The van der Waals surface area contributed by atoms with Gasteiger partial charge in [0.2, 0.25) is 0 Å². The summed E-state index contributed by atoms with van der Waals surface area (Å²) in [6, 6.07) is 8.76. The summed E-state index contributed by atoms with van der Waals surface area (Å²) in [6.07, 6.45) is -0.462. The highest BCUT2D eigenvalue weighted by atomic mass is 16.6. The molecule has 18 heavy (non-hydrogen) atoms. The van der Waals surface area contributed by atoms with Crippen molar-refractivity contribution >= 4 is 0 Å². The highest BCUT2D eigenvalue weighted by molar-refractivity contribution is 5.34. The first-order valence-electron chi connectivity index (χ1n) is 5.78. The third-order valence-electron chi connectivity index (χ3n) is 2.44. The molecule has 0 saturated carbocycles. The lowest BCUT2D eigenvalue weighted by Gasteiger charge is -2.12. The topological polar surface area (TPSA) is 75.0 Å². The van der Waals surface area contributed by atoms with Crippen molar-refractivity contribution in [3.63, 3.8) is 0 Å². The fourth-order valence-electron chi connectivity index (χ4n) is 1.37. The van der Waals surface area contributed by atoms with E-state index < -0.39 is 6.10 Å². The van der Waals surface area contributed by atoms with E-state index in [9.17, 15) is 5.11 Å². The lowest BCUT2D eigenvalue weighted by molar-refractivity contribution is 0.00761. The summed E-state index contributed by atoms with van der Waals surface area (Å²) in [7, 11) is 0. The quantitative estimate of drug-likeness (QED) is 0.720. The van der Waals surface area contributed by atoms with Crippen molar-refractivity contribution in [1.82, 2.24) is 0 Å². The molecule has 1 aliphatic heterocycles. The first-order valence-corrected chi connectivity index (χ1v) is 5.78. The van der Waals surface area contributed by atoms with Crippen LogP contribution >= 0.6 is 0 Å². The summed E-state index contributed by atoms with van der Waals surface area (Å²) in [4.78, 5) is 0. The van der Waals surface area contributed by atoms with Gasteiger partial charge in [-0.05, 0) is 24.3 Å². The van der Waals surface area contributed by atoms with Gasteiger partial charge in [0, 0.05) is 0 Å². The number of aliphatic hydroxyl groups is 1. The average Bonchev–Trinajstić information content (AvgIpc) is 3.21. The Morgan fingerprint density at radius 3 is 2.72 bits per heavy atom. The monoisotopic (exact) mass is 249 g/mol. The summed E-state index contributed by atoms with van der Waals surface area (Å²) in [5.41, 5.74) is 0.579. The summed E-state index contributed by atoms with van der Waals surface area (Å²) in [5, 5.41) is 18.2. The van der Waals surface area contributed by atoms with Crippen LogP contribution in [-0.2, 0) is 9.47 Å². The van der Waals surface area contributed by atoms with E-state index in [-0.39, 0.29) is 19.3 Å². The number of nitriles is 1. The molecule has 1 aliphatic rings. The summed E-state index contributed by atoms with van der Waals surface area (Å²) < 4.78 is 15.6. The lowest BCUT2D eigenvalue weighted by Crippen LogP contribution is -2.24. The van der Waals surface area contributed by atoms with Crippen molar-refractivity contribution in [3.05, 3.63) is 29.8 Å². The Kier molecular flexibility index (Phi) is 4.53. The van der Waals surface area contributed by atoms with Crippen molar-refractivity contribution in [2.24, 2.45) is 0 Å². The Morgan fingerprint density at radius 1 is 1.39 bits per heavy atom. The largest absolute Gasteiger partial charge is 0.491 e. The number of nitrogens with zero attached hydrogens (tertiary/aromatic N) is 1. The highest BCUT2D eigenvalue weighted by Gasteiger charge is 2.22. The molecule has 1 aromatic carbocycles. The lowest BCUT2D eigenvalue weighted by atomic mass is 10.2. The standard InChI is InChI=1S/C13H15NO4/c14-5-10-1-3-12(4-2-10)17-7-11(15)6-16-8-13-9-18-13/h1-4,11,13,15H,6-9H2. The fraction of sp³-hybridized carbons (Fsp3) is 0.462. The zero-order valence-corrected chi connectivity index (χ0v) is 9.91. The normalized spacial score (nSPS) is 19.0. The third-order valence-corrected chi connectivity index (χ3v) is 2.44. The predicted octanol–water partition coefficient (Wildman–Crippen LogP) is 0.713. The van der Waals surface area contributed by atoms with Gasteiger partial charge in [-0.3, -0.25) is 0 Å². The maximum atomic E-state index is 9.60. The molecule has 0 aromatic heterocycles. The molecule has 0 spiro atoms. The predicted molar refractivity (Wildman–Crippen MR) is 63.2 cm³/mol. The van der Waals surface area contributed by atoms with E-state index in [1.165, 1.54) is 0 Å². The first kappa shape index (κ1) is 12.8. The minimum Gasteiger partial charge on any atom is -0.491 e. The van der Waals surface area contributed by atoms with Gasteiger partial charge < -0.3 is 19.3 Å². The summed E-state index contributed by atoms with van der Waals surface area (Å²) >= 11 is 0. The van der Waals surface area contributed by atoms with Crippen molar-refractivity contribution in [2.75, 3.05) is 26.4 Å². The van der Waals surface area contributed by atoms with Gasteiger partial charge >= 0.3 is 0 Å². The van der Waals surface area contributed by atoms with E-state index in [0.717, 1.165) is 6.61 Å². The van der Waals surface area contributed by atoms with Gasteiger partial charge in [-0.15, -0.1) is 0 Å². The number of rotatable bonds is 7. The molecule has 5 nitrogen and oxygen atoms in total. The van der Waals surface area contributed by atoms with Crippen molar-refractivity contribution in [1.29, 1.82) is 5.26 Å². The van der Waals surface area contributed by atoms with Crippen LogP contribution in [0.5, 0.6) is 5.75 Å². The van der Waals surface area contributed by atoms with Crippen LogP contribution in [-0.4, -0.2) is 43.7 Å². The molecule has 5 heteroatoms. The Morgan fingerprint density at radius 2 is 2.11 bits per heavy atom. The van der Waals surface area contributed by atoms with Crippen LogP contribution in [0.4, 0.5) is 0 Å². The second-order valence-electron chi connectivity index (χ2n) is 4.09. The van der Waals surface area contributed by atoms with Gasteiger partial charge in [0.15, 0.2) is 0 Å². The molecule has 2 unspecified atom stereocenters. The van der Waals surface area contributed by atoms with E-state index in [4.69, 9.17) is 19.5 Å². The van der Waals surface area contributed by atoms with Crippen LogP contribution in [0.2, 0.25) is 0 Å². The van der Waals surface area contributed by atoms with E-state index in [1.54, 1.807) is 24.3 Å². The molecule has 1 aromatic rings. The summed E-state index contributed by atoms with van der Waals surface area (Å²) in [5.74, 6) is 0.624. The number of hydrogen-bond donors (Lipinski definition) is 1. The Labute approximate surface area is 106 Å². The number of aliphatic hydroxyl groups excluding tert-OH is 1. The molecule has 0 amide bonds. The van der Waals surface area contributed by atoms with E-state index in [2.05, 4.69) is 0 Å². The molecule has 2 rings (SSSR count). The first-order chi connectivity index (χ1) is 8.78. The number of epoxide rings is 1. The maximum absolute atomic E-state index is 9.60. The Balaban J connectivity index is 1.64. The van der Waals surface area contributed by atoms with Crippen molar-refractivity contribution < 1.29 is 19.3 Å². The van der Waals surface area contributed by atoms with Gasteiger partial charge in [0.05, 0.1) is 31.5 Å². The molecule has 0 aliphatic carbocycles. The van der Waals surface area contributed by atoms with Crippen molar-refractivity contribution in [3.8, 4) is 11.8 Å². The van der Waals surface area contributed by atoms with E-state index >= 15 is 0 Å². The zero-order chi connectivity index (χ0) is 12.8. The van der Waals surface area contributed by atoms with Gasteiger partial charge in [-0.1, -0.05) is 0 Å².